The zero-order valence-electron chi connectivity index (χ0n) is 14.1. The Kier molecular flexibility index (Phi) is 3.86. The van der Waals surface area contributed by atoms with Crippen LogP contribution in [0, 0.1) is 11.8 Å². The third-order valence-electron chi connectivity index (χ3n) is 5.12. The molecule has 1 heterocycles. The fourth-order valence-electron chi connectivity index (χ4n) is 3.78. The molecule has 0 amide bonds. The molecule has 2 atom stereocenters. The van der Waals surface area contributed by atoms with Crippen LogP contribution >= 0.6 is 0 Å². The minimum Gasteiger partial charge on any atom is -0.493 e. The molecule has 0 radical (unpaired) electrons. The van der Waals surface area contributed by atoms with Gasteiger partial charge in [-0.25, -0.2) is 0 Å². The summed E-state index contributed by atoms with van der Waals surface area (Å²) in [4.78, 5) is 2.25. The van der Waals surface area contributed by atoms with Crippen LogP contribution in [0.4, 0.5) is 0 Å². The first-order valence-corrected chi connectivity index (χ1v) is 8.70. The summed E-state index contributed by atoms with van der Waals surface area (Å²) in [5.74, 6) is 2.61. The van der Waals surface area contributed by atoms with Gasteiger partial charge in [-0.1, -0.05) is 42.5 Å². The SMILES string of the molecule is CN(C)CC/C=C1/C2=C(OCc3ccccc31)C1CC1C=CC2. The Morgan fingerprint density at radius 1 is 1.26 bits per heavy atom. The van der Waals surface area contributed by atoms with E-state index in [4.69, 9.17) is 4.74 Å². The Morgan fingerprint density at radius 3 is 3.00 bits per heavy atom. The highest BCUT2D eigenvalue weighted by Crippen LogP contribution is 2.52. The summed E-state index contributed by atoms with van der Waals surface area (Å²) in [6.45, 7) is 1.79. The second-order valence-corrected chi connectivity index (χ2v) is 7.14. The van der Waals surface area contributed by atoms with Gasteiger partial charge in [0.2, 0.25) is 0 Å². The highest BCUT2D eigenvalue weighted by Gasteiger charge is 2.43. The van der Waals surface area contributed by atoms with Crippen molar-refractivity contribution in [3.63, 3.8) is 0 Å². The number of fused-ring (bicyclic) bond motifs is 3. The molecule has 3 aliphatic rings. The van der Waals surface area contributed by atoms with Crippen molar-refractivity contribution >= 4 is 5.57 Å². The molecular weight excluding hydrogens is 282 g/mol. The Balaban J connectivity index is 1.77. The monoisotopic (exact) mass is 307 g/mol. The van der Waals surface area contributed by atoms with Gasteiger partial charge >= 0.3 is 0 Å². The van der Waals surface area contributed by atoms with Crippen LogP contribution in [0.5, 0.6) is 0 Å². The van der Waals surface area contributed by atoms with Crippen molar-refractivity contribution in [1.82, 2.24) is 4.90 Å². The van der Waals surface area contributed by atoms with Gasteiger partial charge < -0.3 is 9.64 Å². The van der Waals surface area contributed by atoms with E-state index in [0.717, 1.165) is 19.4 Å². The standard InChI is InChI=1S/C21H25NO/c1-22(2)12-6-11-18-17-9-4-3-7-16(17)14-23-21-19(18)10-5-8-15-13-20(15)21/h3-5,7-9,11,15,20H,6,10,12-14H2,1-2H3/b18-11+. The molecule has 1 saturated carbocycles. The van der Waals surface area contributed by atoms with E-state index in [1.165, 1.54) is 34.5 Å². The predicted octanol–water partition coefficient (Wildman–Crippen LogP) is 4.40. The van der Waals surface area contributed by atoms with E-state index >= 15 is 0 Å². The summed E-state index contributed by atoms with van der Waals surface area (Å²) in [5.41, 5.74) is 5.52. The van der Waals surface area contributed by atoms with Gasteiger partial charge in [0.15, 0.2) is 0 Å². The summed E-state index contributed by atoms with van der Waals surface area (Å²) in [7, 11) is 4.27. The van der Waals surface area contributed by atoms with Crippen LogP contribution in [-0.2, 0) is 11.3 Å². The van der Waals surface area contributed by atoms with Crippen LogP contribution < -0.4 is 0 Å². The largest absolute Gasteiger partial charge is 0.493 e. The van der Waals surface area contributed by atoms with Crippen LogP contribution in [0.3, 0.4) is 0 Å². The van der Waals surface area contributed by atoms with Gasteiger partial charge in [-0.2, -0.15) is 0 Å². The highest BCUT2D eigenvalue weighted by atomic mass is 16.5. The van der Waals surface area contributed by atoms with Gasteiger partial charge in [0, 0.05) is 18.0 Å². The first kappa shape index (κ1) is 14.8. The summed E-state index contributed by atoms with van der Waals surface area (Å²) in [6.07, 6.45) is 10.5. The number of hydrogen-bond donors (Lipinski definition) is 0. The number of benzene rings is 1. The molecule has 2 aliphatic carbocycles. The van der Waals surface area contributed by atoms with Crippen molar-refractivity contribution in [2.45, 2.75) is 25.9 Å². The normalized spacial score (nSPS) is 27.0. The van der Waals surface area contributed by atoms with Crippen LogP contribution in [0.25, 0.3) is 5.57 Å². The fraction of sp³-hybridized carbons (Fsp3) is 0.429. The molecule has 0 bridgehead atoms. The van der Waals surface area contributed by atoms with Crippen LogP contribution in [0.1, 0.15) is 30.4 Å². The minimum absolute atomic E-state index is 0.621. The lowest BCUT2D eigenvalue weighted by molar-refractivity contribution is 0.181. The Bertz CT molecular complexity index is 696. The van der Waals surface area contributed by atoms with Crippen molar-refractivity contribution in [2.24, 2.45) is 11.8 Å². The average molecular weight is 307 g/mol. The molecule has 0 aromatic heterocycles. The first-order valence-electron chi connectivity index (χ1n) is 8.70. The molecule has 0 saturated heterocycles. The third-order valence-corrected chi connectivity index (χ3v) is 5.12. The van der Waals surface area contributed by atoms with Crippen molar-refractivity contribution < 1.29 is 4.74 Å². The maximum absolute atomic E-state index is 6.31. The third kappa shape index (κ3) is 2.88. The summed E-state index contributed by atoms with van der Waals surface area (Å²) >= 11 is 0. The Morgan fingerprint density at radius 2 is 2.13 bits per heavy atom. The van der Waals surface area contributed by atoms with E-state index in [9.17, 15) is 0 Å². The first-order chi connectivity index (χ1) is 11.2. The van der Waals surface area contributed by atoms with E-state index in [1.807, 2.05) is 0 Å². The lowest BCUT2D eigenvalue weighted by Crippen LogP contribution is -2.12. The average Bonchev–Trinajstić information content (AvgIpc) is 3.30. The zero-order chi connectivity index (χ0) is 15.8. The molecule has 0 N–H and O–H groups in total. The summed E-state index contributed by atoms with van der Waals surface area (Å²) in [5, 5.41) is 0. The molecule has 2 unspecified atom stereocenters. The molecule has 2 heteroatoms. The highest BCUT2D eigenvalue weighted by molar-refractivity contribution is 5.82. The molecule has 120 valence electrons. The quantitative estimate of drug-likeness (QED) is 0.767. The van der Waals surface area contributed by atoms with Gasteiger partial charge in [-0.15, -0.1) is 0 Å². The molecule has 2 nitrogen and oxygen atoms in total. The predicted molar refractivity (Wildman–Crippen MR) is 94.8 cm³/mol. The summed E-state index contributed by atoms with van der Waals surface area (Å²) in [6, 6.07) is 8.74. The number of allylic oxidation sites excluding steroid dienone is 5. The maximum atomic E-state index is 6.31. The van der Waals surface area contributed by atoms with Gasteiger partial charge in [0.05, 0.1) is 0 Å². The molecule has 23 heavy (non-hydrogen) atoms. The second-order valence-electron chi connectivity index (χ2n) is 7.14. The number of nitrogens with zero attached hydrogens (tertiary/aromatic N) is 1. The molecule has 1 aromatic carbocycles. The van der Waals surface area contributed by atoms with E-state index in [1.54, 1.807) is 0 Å². The minimum atomic E-state index is 0.621. The molecule has 1 aliphatic heterocycles. The molecule has 0 spiro atoms. The fourth-order valence-corrected chi connectivity index (χ4v) is 3.78. The van der Waals surface area contributed by atoms with Gasteiger partial charge in [-0.3, -0.25) is 0 Å². The van der Waals surface area contributed by atoms with Gasteiger partial charge in [0.25, 0.3) is 0 Å². The molecule has 4 rings (SSSR count). The lowest BCUT2D eigenvalue weighted by Gasteiger charge is -2.15. The topological polar surface area (TPSA) is 12.5 Å². The van der Waals surface area contributed by atoms with Crippen molar-refractivity contribution in [3.8, 4) is 0 Å². The Labute approximate surface area is 139 Å². The van der Waals surface area contributed by atoms with Gasteiger partial charge in [-0.05, 0) is 56.0 Å². The van der Waals surface area contributed by atoms with E-state index < -0.39 is 0 Å². The maximum Gasteiger partial charge on any atom is 0.113 e. The number of ether oxygens (including phenoxy) is 1. The van der Waals surface area contributed by atoms with E-state index in [-0.39, 0.29) is 0 Å². The molecule has 1 fully saturated rings. The van der Waals surface area contributed by atoms with Gasteiger partial charge in [0.1, 0.15) is 12.4 Å². The Hall–Kier alpha value is -1.80. The molecular formula is C21H25NO. The smallest absolute Gasteiger partial charge is 0.113 e. The van der Waals surface area contributed by atoms with E-state index in [0.29, 0.717) is 18.4 Å². The van der Waals surface area contributed by atoms with Crippen LogP contribution in [0.2, 0.25) is 0 Å². The number of hydrogen-bond acceptors (Lipinski definition) is 2. The van der Waals surface area contributed by atoms with Crippen molar-refractivity contribution in [2.75, 3.05) is 20.6 Å². The summed E-state index contributed by atoms with van der Waals surface area (Å²) < 4.78 is 6.31. The van der Waals surface area contributed by atoms with E-state index in [2.05, 4.69) is 61.5 Å². The zero-order valence-corrected chi connectivity index (χ0v) is 14.1. The van der Waals surface area contributed by atoms with Crippen LogP contribution in [0.15, 0.2) is 53.8 Å². The molecule has 1 aromatic rings. The van der Waals surface area contributed by atoms with Crippen LogP contribution in [-0.4, -0.2) is 25.5 Å². The number of rotatable bonds is 3. The second kappa shape index (κ2) is 6.01. The lowest BCUT2D eigenvalue weighted by atomic mass is 9.91. The van der Waals surface area contributed by atoms with Crippen molar-refractivity contribution in [3.05, 3.63) is 65.0 Å². The van der Waals surface area contributed by atoms with Crippen molar-refractivity contribution in [1.29, 1.82) is 0 Å².